The molecule has 2 aliphatic rings. The average molecular weight is 635 g/mol. The van der Waals surface area contributed by atoms with Gasteiger partial charge in [-0.15, -0.1) is 0 Å². The smallest absolute Gasteiger partial charge is 0.494 e. The lowest BCUT2D eigenvalue weighted by molar-refractivity contribution is -0.00787. The number of hydrogen-bond donors (Lipinski definition) is 0. The van der Waals surface area contributed by atoms with Gasteiger partial charge in [0.2, 0.25) is 6.79 Å². The predicted octanol–water partition coefficient (Wildman–Crippen LogP) is 8.15. The van der Waals surface area contributed by atoms with Gasteiger partial charge in [-0.05, 0) is 67.3 Å². The van der Waals surface area contributed by atoms with E-state index in [0.29, 0.717) is 35.6 Å². The first-order valence-electron chi connectivity index (χ1n) is 15.2. The summed E-state index contributed by atoms with van der Waals surface area (Å²) < 4.78 is 22.0. The van der Waals surface area contributed by atoms with Crippen LogP contribution in [-0.2, 0) is 20.6 Å². The minimum absolute atomic E-state index is 0.183. The number of ether oxygens (including phenoxy) is 4. The molecule has 0 amide bonds. The highest BCUT2D eigenvalue weighted by Crippen LogP contribution is 2.33. The second-order valence-corrected chi connectivity index (χ2v) is 13.4. The zero-order valence-electron chi connectivity index (χ0n) is 25.9. The predicted molar refractivity (Wildman–Crippen MR) is 173 cm³/mol. The van der Waals surface area contributed by atoms with Crippen molar-refractivity contribution >= 4 is 46.6 Å². The highest BCUT2D eigenvalue weighted by molar-refractivity contribution is 6.43. The number of aliphatic imine (C=N–C) groups is 1. The lowest BCUT2D eigenvalue weighted by atomic mass is 9.86. The standard InChI is InChI=1S/C33H45Cl2N3O5/c1-24(21-33(2,3)4)22-41-32(39)43-23-42-30-13-11-25-10-12-26(20-28(25)36-30)40-19-6-5-14-37-15-17-38(18-16-37)29-9-7-8-27(34)31(29)35/h7-10,12,20,24H,5-6,11,13-19,21-23H2,1-4H3. The van der Waals surface area contributed by atoms with E-state index in [9.17, 15) is 4.79 Å². The molecule has 0 radical (unpaired) electrons. The van der Waals surface area contributed by atoms with Gasteiger partial charge in [-0.25, -0.2) is 9.79 Å². The maximum Gasteiger partial charge on any atom is 0.511 e. The third-order valence-electron chi connectivity index (χ3n) is 7.54. The highest BCUT2D eigenvalue weighted by Gasteiger charge is 2.20. The van der Waals surface area contributed by atoms with Crippen molar-refractivity contribution in [1.29, 1.82) is 0 Å². The fourth-order valence-corrected chi connectivity index (χ4v) is 5.98. The number of nitrogens with zero attached hydrogens (tertiary/aromatic N) is 3. The van der Waals surface area contributed by atoms with Crippen LogP contribution in [0.5, 0.6) is 5.75 Å². The lowest BCUT2D eigenvalue weighted by Gasteiger charge is -2.36. The van der Waals surface area contributed by atoms with Crippen LogP contribution in [0.3, 0.4) is 0 Å². The number of carbonyl (C=O) groups excluding carboxylic acids is 1. The number of anilines is 1. The van der Waals surface area contributed by atoms with Crippen molar-refractivity contribution < 1.29 is 23.7 Å². The van der Waals surface area contributed by atoms with Gasteiger partial charge in [0.05, 0.1) is 34.6 Å². The Morgan fingerprint density at radius 3 is 2.56 bits per heavy atom. The SMILES string of the molecule is CC(COC(=O)OCOC1=Nc2cc(OCCCCN3CCN(c4cccc(Cl)c4Cl)CC3)ccc2CC1)CC(C)(C)C. The first-order chi connectivity index (χ1) is 20.6. The third-order valence-corrected chi connectivity index (χ3v) is 8.35. The second-order valence-electron chi connectivity index (χ2n) is 12.6. The summed E-state index contributed by atoms with van der Waals surface area (Å²) in [5.74, 6) is 1.59. The molecular weight excluding hydrogens is 589 g/mol. The Labute approximate surface area is 266 Å². The molecular formula is C33H45Cl2N3O5. The molecule has 2 aromatic rings. The van der Waals surface area contributed by atoms with Gasteiger partial charge < -0.3 is 23.8 Å². The summed E-state index contributed by atoms with van der Waals surface area (Å²) in [7, 11) is 0. The maximum atomic E-state index is 11.9. The van der Waals surface area contributed by atoms with Gasteiger partial charge in [0, 0.05) is 38.7 Å². The number of fused-ring (bicyclic) bond motifs is 1. The van der Waals surface area contributed by atoms with Gasteiger partial charge in [0.25, 0.3) is 0 Å². The van der Waals surface area contributed by atoms with E-state index in [0.717, 1.165) is 81.1 Å². The van der Waals surface area contributed by atoms with Crippen molar-refractivity contribution in [2.24, 2.45) is 16.3 Å². The number of benzene rings is 2. The number of unbranched alkanes of at least 4 members (excludes halogenated alkanes) is 1. The first kappa shape index (κ1) is 33.2. The van der Waals surface area contributed by atoms with Crippen molar-refractivity contribution in [3.05, 3.63) is 52.0 Å². The van der Waals surface area contributed by atoms with Gasteiger partial charge in [-0.2, -0.15) is 0 Å². The zero-order valence-corrected chi connectivity index (χ0v) is 27.4. The number of carbonyl (C=O) groups is 1. The van der Waals surface area contributed by atoms with E-state index in [4.69, 9.17) is 42.1 Å². The number of aryl methyl sites for hydroxylation is 1. The summed E-state index contributed by atoms with van der Waals surface area (Å²) in [5, 5.41) is 1.23. The molecule has 8 nitrogen and oxygen atoms in total. The summed E-state index contributed by atoms with van der Waals surface area (Å²) in [6.45, 7) is 14.2. The zero-order chi connectivity index (χ0) is 30.8. The Bertz CT molecular complexity index is 1240. The molecule has 1 fully saturated rings. The van der Waals surface area contributed by atoms with Crippen molar-refractivity contribution in [2.75, 3.05) is 57.6 Å². The second kappa shape index (κ2) is 15.9. The van der Waals surface area contributed by atoms with Crippen molar-refractivity contribution in [2.45, 2.75) is 59.8 Å². The van der Waals surface area contributed by atoms with Crippen LogP contribution in [0.1, 0.15) is 58.9 Å². The van der Waals surface area contributed by atoms with E-state index >= 15 is 0 Å². The van der Waals surface area contributed by atoms with E-state index in [-0.39, 0.29) is 18.1 Å². The Hall–Kier alpha value is -2.68. The van der Waals surface area contributed by atoms with Gasteiger partial charge in [-0.3, -0.25) is 4.90 Å². The van der Waals surface area contributed by atoms with Gasteiger partial charge in [-0.1, -0.05) is 63.0 Å². The third kappa shape index (κ3) is 10.8. The summed E-state index contributed by atoms with van der Waals surface area (Å²) in [5.41, 5.74) is 3.17. The number of hydrogen-bond acceptors (Lipinski definition) is 8. The van der Waals surface area contributed by atoms with Crippen LogP contribution in [0.4, 0.5) is 16.2 Å². The van der Waals surface area contributed by atoms with Crippen LogP contribution >= 0.6 is 23.2 Å². The molecule has 0 aromatic heterocycles. The molecule has 10 heteroatoms. The molecule has 2 aliphatic heterocycles. The van der Waals surface area contributed by atoms with Crippen LogP contribution in [0.25, 0.3) is 0 Å². The summed E-state index contributed by atoms with van der Waals surface area (Å²) in [6, 6.07) is 11.8. The monoisotopic (exact) mass is 633 g/mol. The summed E-state index contributed by atoms with van der Waals surface area (Å²) >= 11 is 12.6. The minimum atomic E-state index is -0.724. The quantitative estimate of drug-likeness (QED) is 0.133. The van der Waals surface area contributed by atoms with Crippen LogP contribution < -0.4 is 9.64 Å². The Balaban J connectivity index is 1.12. The summed E-state index contributed by atoms with van der Waals surface area (Å²) in [4.78, 5) is 21.3. The minimum Gasteiger partial charge on any atom is -0.494 e. The van der Waals surface area contributed by atoms with Crippen LogP contribution in [0.15, 0.2) is 41.4 Å². The number of rotatable bonds is 12. The topological polar surface area (TPSA) is 72.8 Å². The number of piperazine rings is 1. The van der Waals surface area contributed by atoms with E-state index in [1.54, 1.807) is 0 Å². The van der Waals surface area contributed by atoms with Crippen molar-refractivity contribution in [1.82, 2.24) is 4.90 Å². The molecule has 1 atom stereocenters. The fourth-order valence-electron chi connectivity index (χ4n) is 5.56. The molecule has 0 spiro atoms. The van der Waals surface area contributed by atoms with Crippen molar-refractivity contribution in [3.8, 4) is 5.75 Å². The Morgan fingerprint density at radius 1 is 1.00 bits per heavy atom. The molecule has 1 unspecified atom stereocenters. The van der Waals surface area contributed by atoms with E-state index < -0.39 is 6.16 Å². The molecule has 0 saturated carbocycles. The average Bonchev–Trinajstić information content (AvgIpc) is 2.97. The number of halogens is 2. The molecule has 43 heavy (non-hydrogen) atoms. The van der Waals surface area contributed by atoms with E-state index in [2.05, 4.69) is 48.6 Å². The largest absolute Gasteiger partial charge is 0.511 e. The van der Waals surface area contributed by atoms with E-state index in [1.807, 2.05) is 30.3 Å². The van der Waals surface area contributed by atoms with Crippen LogP contribution in [-0.4, -0.2) is 69.7 Å². The Kier molecular flexibility index (Phi) is 12.3. The van der Waals surface area contributed by atoms with Crippen molar-refractivity contribution in [3.63, 3.8) is 0 Å². The van der Waals surface area contributed by atoms with Crippen LogP contribution in [0, 0.1) is 11.3 Å². The molecule has 2 aromatic carbocycles. The summed E-state index contributed by atoms with van der Waals surface area (Å²) in [6.07, 6.45) is 3.72. The highest BCUT2D eigenvalue weighted by atomic mass is 35.5. The lowest BCUT2D eigenvalue weighted by Crippen LogP contribution is -2.46. The maximum absolute atomic E-state index is 11.9. The molecule has 4 rings (SSSR count). The molecule has 236 valence electrons. The fraction of sp³-hybridized carbons (Fsp3) is 0.576. The van der Waals surface area contributed by atoms with Gasteiger partial charge >= 0.3 is 6.16 Å². The normalized spacial score (nSPS) is 16.2. The molecule has 2 heterocycles. The van der Waals surface area contributed by atoms with Gasteiger partial charge in [0.15, 0.2) is 5.90 Å². The molecule has 0 aliphatic carbocycles. The first-order valence-corrected chi connectivity index (χ1v) is 16.0. The van der Waals surface area contributed by atoms with E-state index in [1.165, 1.54) is 0 Å². The molecule has 1 saturated heterocycles. The molecule has 0 N–H and O–H groups in total. The van der Waals surface area contributed by atoms with Gasteiger partial charge in [0.1, 0.15) is 5.75 Å². The van der Waals surface area contributed by atoms with Crippen LogP contribution in [0.2, 0.25) is 10.0 Å². The molecule has 0 bridgehead atoms. The Morgan fingerprint density at radius 2 is 1.79 bits per heavy atom.